The maximum atomic E-state index is 6.12. The number of nitrogens with two attached hydrogens (primary N) is 1. The first-order valence-corrected chi connectivity index (χ1v) is 7.12. The first-order valence-electron chi connectivity index (χ1n) is 7.12. The second-order valence-corrected chi connectivity index (χ2v) is 5.38. The zero-order valence-electron chi connectivity index (χ0n) is 12.7. The summed E-state index contributed by atoms with van der Waals surface area (Å²) in [6, 6.07) is 8.14. The van der Waals surface area contributed by atoms with Crippen LogP contribution in [0, 0.1) is 0 Å². The van der Waals surface area contributed by atoms with Crippen molar-refractivity contribution in [2.75, 3.05) is 5.73 Å². The number of aryl methyl sites for hydroxylation is 2. The lowest BCUT2D eigenvalue weighted by Crippen LogP contribution is -1.97. The SMILES string of the molecule is CCCc1ccc(Oc2c(N)c(C(C)C)nn2C)cc1. The Balaban J connectivity index is 2.21. The van der Waals surface area contributed by atoms with Crippen molar-refractivity contribution in [1.29, 1.82) is 0 Å². The molecule has 20 heavy (non-hydrogen) atoms. The molecule has 1 aromatic heterocycles. The van der Waals surface area contributed by atoms with Gasteiger partial charge in [-0.15, -0.1) is 0 Å². The topological polar surface area (TPSA) is 53.1 Å². The summed E-state index contributed by atoms with van der Waals surface area (Å²) < 4.78 is 7.58. The predicted molar refractivity (Wildman–Crippen MR) is 82.2 cm³/mol. The van der Waals surface area contributed by atoms with Gasteiger partial charge in [-0.3, -0.25) is 0 Å². The summed E-state index contributed by atoms with van der Waals surface area (Å²) in [4.78, 5) is 0. The van der Waals surface area contributed by atoms with Crippen molar-refractivity contribution < 1.29 is 4.74 Å². The van der Waals surface area contributed by atoms with Gasteiger partial charge in [0.1, 0.15) is 11.4 Å². The van der Waals surface area contributed by atoms with Gasteiger partial charge in [-0.2, -0.15) is 5.10 Å². The Bertz CT molecular complexity index is 570. The minimum atomic E-state index is 0.283. The summed E-state index contributed by atoms with van der Waals surface area (Å²) in [5, 5.41) is 4.42. The molecule has 108 valence electrons. The highest BCUT2D eigenvalue weighted by Gasteiger charge is 2.17. The lowest BCUT2D eigenvalue weighted by atomic mass is 10.1. The van der Waals surface area contributed by atoms with Crippen molar-refractivity contribution in [3.8, 4) is 11.6 Å². The summed E-state index contributed by atoms with van der Waals surface area (Å²) >= 11 is 0. The highest BCUT2D eigenvalue weighted by atomic mass is 16.5. The van der Waals surface area contributed by atoms with E-state index in [9.17, 15) is 0 Å². The Morgan fingerprint density at radius 3 is 2.40 bits per heavy atom. The van der Waals surface area contributed by atoms with Crippen molar-refractivity contribution in [3.63, 3.8) is 0 Å². The van der Waals surface area contributed by atoms with Crippen LogP contribution in [0.1, 0.15) is 44.4 Å². The van der Waals surface area contributed by atoms with Crippen LogP contribution in [0.5, 0.6) is 11.6 Å². The van der Waals surface area contributed by atoms with Crippen LogP contribution in [-0.4, -0.2) is 9.78 Å². The van der Waals surface area contributed by atoms with Gasteiger partial charge in [-0.05, 0) is 30.0 Å². The number of rotatable bonds is 5. The molecule has 1 heterocycles. The molecule has 0 unspecified atom stereocenters. The Labute approximate surface area is 120 Å². The lowest BCUT2D eigenvalue weighted by Gasteiger charge is -2.07. The molecule has 0 fully saturated rings. The number of anilines is 1. The minimum Gasteiger partial charge on any atom is -0.437 e. The van der Waals surface area contributed by atoms with Crippen LogP contribution in [0.4, 0.5) is 5.69 Å². The molecule has 4 nitrogen and oxygen atoms in total. The van der Waals surface area contributed by atoms with Crippen LogP contribution in [0.15, 0.2) is 24.3 Å². The Kier molecular flexibility index (Phi) is 4.32. The largest absolute Gasteiger partial charge is 0.437 e. The third-order valence-corrected chi connectivity index (χ3v) is 3.28. The van der Waals surface area contributed by atoms with E-state index < -0.39 is 0 Å². The third kappa shape index (κ3) is 2.95. The van der Waals surface area contributed by atoms with Gasteiger partial charge < -0.3 is 10.5 Å². The molecule has 0 aliphatic heterocycles. The monoisotopic (exact) mass is 273 g/mol. The molecule has 0 amide bonds. The molecule has 1 aromatic carbocycles. The van der Waals surface area contributed by atoms with Crippen LogP contribution < -0.4 is 10.5 Å². The maximum Gasteiger partial charge on any atom is 0.241 e. The Morgan fingerprint density at radius 1 is 1.25 bits per heavy atom. The molecular formula is C16H23N3O. The fraction of sp³-hybridized carbons (Fsp3) is 0.438. The van der Waals surface area contributed by atoms with E-state index in [1.165, 1.54) is 5.56 Å². The fourth-order valence-corrected chi connectivity index (χ4v) is 2.22. The highest BCUT2D eigenvalue weighted by Crippen LogP contribution is 2.33. The predicted octanol–water partition coefficient (Wildman–Crippen LogP) is 3.87. The van der Waals surface area contributed by atoms with E-state index in [4.69, 9.17) is 10.5 Å². The van der Waals surface area contributed by atoms with Crippen molar-refractivity contribution in [1.82, 2.24) is 9.78 Å². The molecule has 2 aromatic rings. The first-order chi connectivity index (χ1) is 9.52. The molecule has 0 saturated carbocycles. The number of aromatic nitrogens is 2. The van der Waals surface area contributed by atoms with Crippen LogP contribution in [-0.2, 0) is 13.5 Å². The van der Waals surface area contributed by atoms with Gasteiger partial charge in [0.25, 0.3) is 0 Å². The van der Waals surface area contributed by atoms with Gasteiger partial charge in [0.05, 0.1) is 5.69 Å². The average Bonchev–Trinajstić information content (AvgIpc) is 2.69. The number of nitrogen functional groups attached to an aromatic ring is 1. The first kappa shape index (κ1) is 14.4. The van der Waals surface area contributed by atoms with Gasteiger partial charge in [0.15, 0.2) is 0 Å². The summed E-state index contributed by atoms with van der Waals surface area (Å²) in [6.45, 7) is 6.32. The van der Waals surface area contributed by atoms with Gasteiger partial charge in [-0.1, -0.05) is 39.3 Å². The van der Waals surface area contributed by atoms with Crippen LogP contribution in [0.2, 0.25) is 0 Å². The Morgan fingerprint density at radius 2 is 1.90 bits per heavy atom. The minimum absolute atomic E-state index is 0.283. The summed E-state index contributed by atoms with van der Waals surface area (Å²) in [5.74, 6) is 1.68. The van der Waals surface area contributed by atoms with E-state index in [0.29, 0.717) is 11.6 Å². The van der Waals surface area contributed by atoms with E-state index in [-0.39, 0.29) is 5.92 Å². The quantitative estimate of drug-likeness (QED) is 0.899. The standard InChI is InChI=1S/C16H23N3O/c1-5-6-12-7-9-13(10-8-12)20-16-14(17)15(11(2)3)18-19(16)4/h7-11H,5-6,17H2,1-4H3. The molecular weight excluding hydrogens is 250 g/mol. The highest BCUT2D eigenvalue weighted by molar-refractivity contribution is 5.55. The third-order valence-electron chi connectivity index (χ3n) is 3.28. The van der Waals surface area contributed by atoms with Gasteiger partial charge in [0, 0.05) is 7.05 Å². The number of ether oxygens (including phenoxy) is 1. The molecule has 0 saturated heterocycles. The number of hydrogen-bond acceptors (Lipinski definition) is 3. The molecule has 4 heteroatoms. The molecule has 2 rings (SSSR count). The van der Waals surface area contributed by atoms with Crippen LogP contribution in [0.25, 0.3) is 0 Å². The van der Waals surface area contributed by atoms with Gasteiger partial charge in [-0.25, -0.2) is 4.68 Å². The zero-order valence-corrected chi connectivity index (χ0v) is 12.7. The smallest absolute Gasteiger partial charge is 0.241 e. The summed E-state index contributed by atoms with van der Waals surface area (Å²) in [6.07, 6.45) is 2.23. The van der Waals surface area contributed by atoms with E-state index in [1.807, 2.05) is 19.2 Å². The number of benzene rings is 1. The average molecular weight is 273 g/mol. The van der Waals surface area contributed by atoms with Crippen molar-refractivity contribution >= 4 is 5.69 Å². The lowest BCUT2D eigenvalue weighted by molar-refractivity contribution is 0.432. The maximum absolute atomic E-state index is 6.12. The van der Waals surface area contributed by atoms with E-state index >= 15 is 0 Å². The van der Waals surface area contributed by atoms with Gasteiger partial charge >= 0.3 is 0 Å². The summed E-state index contributed by atoms with van der Waals surface area (Å²) in [7, 11) is 1.85. The molecule has 0 aliphatic carbocycles. The summed E-state index contributed by atoms with van der Waals surface area (Å²) in [5.41, 5.74) is 8.95. The van der Waals surface area contributed by atoms with Crippen molar-refractivity contribution in [2.45, 2.75) is 39.5 Å². The number of nitrogens with zero attached hydrogens (tertiary/aromatic N) is 2. The van der Waals surface area contributed by atoms with Crippen LogP contribution >= 0.6 is 0 Å². The van der Waals surface area contributed by atoms with Crippen molar-refractivity contribution in [2.24, 2.45) is 7.05 Å². The van der Waals surface area contributed by atoms with E-state index in [2.05, 4.69) is 38.0 Å². The van der Waals surface area contributed by atoms with Crippen molar-refractivity contribution in [3.05, 3.63) is 35.5 Å². The van der Waals surface area contributed by atoms with E-state index in [1.54, 1.807) is 4.68 Å². The second kappa shape index (κ2) is 5.99. The second-order valence-electron chi connectivity index (χ2n) is 5.38. The fourth-order valence-electron chi connectivity index (χ4n) is 2.22. The van der Waals surface area contributed by atoms with Gasteiger partial charge in [0.2, 0.25) is 5.88 Å². The molecule has 0 atom stereocenters. The van der Waals surface area contributed by atoms with E-state index in [0.717, 1.165) is 24.3 Å². The zero-order chi connectivity index (χ0) is 14.7. The normalized spacial score (nSPS) is 11.1. The Hall–Kier alpha value is -1.97. The molecule has 0 radical (unpaired) electrons. The van der Waals surface area contributed by atoms with Crippen LogP contribution in [0.3, 0.4) is 0 Å². The molecule has 0 spiro atoms. The molecule has 2 N–H and O–H groups in total. The molecule has 0 aliphatic rings. The molecule has 0 bridgehead atoms. The number of hydrogen-bond donors (Lipinski definition) is 1.